The van der Waals surface area contributed by atoms with Crippen LogP contribution < -0.4 is 0 Å². The maximum absolute atomic E-state index is 12.3. The van der Waals surface area contributed by atoms with E-state index in [1.807, 2.05) is 0 Å². The third-order valence-corrected chi connectivity index (χ3v) is 2.46. The van der Waals surface area contributed by atoms with E-state index < -0.39 is 0 Å². The van der Waals surface area contributed by atoms with Gasteiger partial charge >= 0.3 is 0 Å². The first-order chi connectivity index (χ1) is 6.86. The fourth-order valence-corrected chi connectivity index (χ4v) is 1.74. The molecule has 4 nitrogen and oxygen atoms in total. The number of ether oxygens (including phenoxy) is 1. The Morgan fingerprint density at radius 1 is 1.43 bits per heavy atom. The Balaban J connectivity index is 2.14. The van der Waals surface area contributed by atoms with E-state index in [1.165, 1.54) is 0 Å². The Morgan fingerprint density at radius 2 is 2.21 bits per heavy atom. The normalized spacial score (nSPS) is 26.9. The number of alkyl halides is 1. The van der Waals surface area contributed by atoms with Gasteiger partial charge in [-0.25, -0.2) is 4.39 Å². The molecule has 1 fully saturated rings. The Hall–Kier alpha value is -0.800. The molecule has 0 aromatic heterocycles. The molecule has 1 saturated heterocycles. The van der Waals surface area contributed by atoms with Crippen LogP contribution in [0.2, 0.25) is 0 Å². The summed E-state index contributed by atoms with van der Waals surface area (Å²) in [5.74, 6) is 0. The van der Waals surface area contributed by atoms with Gasteiger partial charge in [-0.3, -0.25) is 0 Å². The van der Waals surface area contributed by atoms with Gasteiger partial charge in [0.15, 0.2) is 0 Å². The maximum Gasteiger partial charge on any atom is 0.116 e. The van der Waals surface area contributed by atoms with E-state index in [2.05, 4.69) is 10.0 Å². The van der Waals surface area contributed by atoms with Gasteiger partial charge in [0.05, 0.1) is 12.2 Å². The Kier molecular flexibility index (Phi) is 5.33. The summed E-state index contributed by atoms with van der Waals surface area (Å²) < 4.78 is 17.8. The first-order valence-corrected chi connectivity index (χ1v) is 5.09. The molecule has 0 spiro atoms. The second-order valence-corrected chi connectivity index (χ2v) is 3.56. The van der Waals surface area contributed by atoms with E-state index >= 15 is 0 Å². The van der Waals surface area contributed by atoms with Crippen molar-refractivity contribution in [2.45, 2.75) is 44.3 Å². The van der Waals surface area contributed by atoms with Crippen molar-refractivity contribution in [2.75, 3.05) is 13.2 Å². The van der Waals surface area contributed by atoms with E-state index in [0.717, 1.165) is 32.1 Å². The van der Waals surface area contributed by atoms with Crippen LogP contribution in [-0.2, 0) is 4.74 Å². The van der Waals surface area contributed by atoms with Crippen LogP contribution >= 0.6 is 0 Å². The van der Waals surface area contributed by atoms with Gasteiger partial charge in [0.2, 0.25) is 0 Å². The summed E-state index contributed by atoms with van der Waals surface area (Å²) >= 11 is 0. The molecule has 1 heterocycles. The van der Waals surface area contributed by atoms with E-state index in [1.54, 1.807) is 0 Å². The zero-order valence-electron chi connectivity index (χ0n) is 8.23. The molecule has 0 amide bonds. The molecule has 0 N–H and O–H groups in total. The van der Waals surface area contributed by atoms with Crippen LogP contribution in [0.1, 0.15) is 32.1 Å². The lowest BCUT2D eigenvalue weighted by atomic mass is 10.0. The van der Waals surface area contributed by atoms with E-state index in [4.69, 9.17) is 10.3 Å². The Bertz CT molecular complexity index is 206. The maximum atomic E-state index is 12.3. The molecule has 0 bridgehead atoms. The highest BCUT2D eigenvalue weighted by molar-refractivity contribution is 4.70. The minimum atomic E-state index is -0.382. The van der Waals surface area contributed by atoms with Crippen molar-refractivity contribution in [2.24, 2.45) is 5.11 Å². The van der Waals surface area contributed by atoms with Crippen molar-refractivity contribution in [1.29, 1.82) is 0 Å². The number of nitrogens with zero attached hydrogens (tertiary/aromatic N) is 3. The minimum Gasteiger partial charge on any atom is -0.372 e. The molecule has 0 saturated carbocycles. The van der Waals surface area contributed by atoms with E-state index in [-0.39, 0.29) is 18.9 Å². The molecule has 1 aliphatic rings. The van der Waals surface area contributed by atoms with Crippen LogP contribution in [0.5, 0.6) is 0 Å². The number of hydrogen-bond acceptors (Lipinski definition) is 2. The van der Waals surface area contributed by atoms with Crippen molar-refractivity contribution in [3.63, 3.8) is 0 Å². The van der Waals surface area contributed by atoms with Gasteiger partial charge in [-0.2, -0.15) is 0 Å². The highest BCUT2D eigenvalue weighted by atomic mass is 18.2. The third kappa shape index (κ3) is 3.94. The molecule has 5 heteroatoms. The fourth-order valence-electron chi connectivity index (χ4n) is 1.74. The summed E-state index contributed by atoms with van der Waals surface area (Å²) in [7, 11) is 0. The van der Waals surface area contributed by atoms with Crippen LogP contribution in [0.15, 0.2) is 5.11 Å². The SMILES string of the molecule is [N-]=[N+]=NCCCC1CCCC(C[18F])O1. The van der Waals surface area contributed by atoms with Gasteiger partial charge in [0, 0.05) is 11.5 Å². The highest BCUT2D eigenvalue weighted by Gasteiger charge is 2.21. The lowest BCUT2D eigenvalue weighted by molar-refractivity contribution is -0.0622. The predicted molar refractivity (Wildman–Crippen MR) is 51.7 cm³/mol. The fraction of sp³-hybridized carbons (Fsp3) is 1.00. The molecule has 0 aromatic carbocycles. The van der Waals surface area contributed by atoms with Crippen molar-refractivity contribution in [3.8, 4) is 0 Å². The molecular formula is C9H16FN3O. The first-order valence-electron chi connectivity index (χ1n) is 5.09. The van der Waals surface area contributed by atoms with Gasteiger partial charge in [-0.1, -0.05) is 5.11 Å². The molecule has 80 valence electrons. The quantitative estimate of drug-likeness (QED) is 0.291. The summed E-state index contributed by atoms with van der Waals surface area (Å²) in [6.45, 7) is 0.128. The monoisotopic (exact) mass is 200 g/mol. The van der Waals surface area contributed by atoms with Gasteiger partial charge in [-0.15, -0.1) is 0 Å². The van der Waals surface area contributed by atoms with Gasteiger partial charge in [-0.05, 0) is 37.6 Å². The summed E-state index contributed by atoms with van der Waals surface area (Å²) in [5.41, 5.74) is 8.06. The molecule has 0 radical (unpaired) electrons. The van der Waals surface area contributed by atoms with Crippen LogP contribution in [-0.4, -0.2) is 25.4 Å². The second-order valence-electron chi connectivity index (χ2n) is 3.56. The molecule has 1 aliphatic heterocycles. The van der Waals surface area contributed by atoms with Crippen LogP contribution in [0, 0.1) is 0 Å². The molecule has 0 aromatic rings. The molecule has 1 rings (SSSR count). The molecular weight excluding hydrogens is 184 g/mol. The number of azide groups is 1. The lowest BCUT2D eigenvalue weighted by Crippen LogP contribution is -2.29. The summed E-state index contributed by atoms with van der Waals surface area (Å²) in [4.78, 5) is 2.67. The average molecular weight is 200 g/mol. The predicted octanol–water partition coefficient (Wildman–Crippen LogP) is 2.98. The lowest BCUT2D eigenvalue weighted by Gasteiger charge is -2.28. The smallest absolute Gasteiger partial charge is 0.116 e. The summed E-state index contributed by atoms with van der Waals surface area (Å²) in [6.07, 6.45) is 4.55. The second kappa shape index (κ2) is 6.62. The molecule has 0 aliphatic carbocycles. The van der Waals surface area contributed by atoms with E-state index in [0.29, 0.717) is 6.54 Å². The topological polar surface area (TPSA) is 58.0 Å². The molecule has 2 atom stereocenters. The Labute approximate surface area is 83.1 Å². The third-order valence-electron chi connectivity index (χ3n) is 2.46. The van der Waals surface area contributed by atoms with Gasteiger partial charge < -0.3 is 4.74 Å². The zero-order valence-corrected chi connectivity index (χ0v) is 8.23. The number of rotatable bonds is 5. The van der Waals surface area contributed by atoms with E-state index in [9.17, 15) is 4.39 Å². The van der Waals surface area contributed by atoms with Crippen molar-refractivity contribution in [1.82, 2.24) is 0 Å². The number of hydrogen-bond donors (Lipinski definition) is 0. The average Bonchev–Trinajstić information content (AvgIpc) is 2.25. The van der Waals surface area contributed by atoms with Crippen molar-refractivity contribution >= 4 is 0 Å². The summed E-state index contributed by atoms with van der Waals surface area (Å²) in [5, 5.41) is 3.45. The Morgan fingerprint density at radius 3 is 2.93 bits per heavy atom. The van der Waals surface area contributed by atoms with Crippen molar-refractivity contribution in [3.05, 3.63) is 10.4 Å². The number of halogens is 1. The highest BCUT2D eigenvalue weighted by Crippen LogP contribution is 2.22. The van der Waals surface area contributed by atoms with Crippen LogP contribution in [0.4, 0.5) is 4.39 Å². The molecule has 14 heavy (non-hydrogen) atoms. The van der Waals surface area contributed by atoms with Crippen molar-refractivity contribution < 1.29 is 9.13 Å². The van der Waals surface area contributed by atoms with Gasteiger partial charge in [0.1, 0.15) is 6.67 Å². The van der Waals surface area contributed by atoms with Crippen LogP contribution in [0.25, 0.3) is 10.4 Å². The summed E-state index contributed by atoms with van der Waals surface area (Å²) in [6, 6.07) is 0. The minimum absolute atomic E-state index is 0.165. The molecule has 2 unspecified atom stereocenters. The largest absolute Gasteiger partial charge is 0.372 e. The van der Waals surface area contributed by atoms with Gasteiger partial charge in [0.25, 0.3) is 0 Å². The first kappa shape index (κ1) is 11.3. The zero-order chi connectivity index (χ0) is 10.2. The van der Waals surface area contributed by atoms with Crippen LogP contribution in [0.3, 0.4) is 0 Å². The standard InChI is InChI=1S/C9H16FN3O/c10-7-9-4-1-3-8(14-9)5-2-6-12-13-11/h8-9H,1-7H2/i10-1.